The molecule has 0 radical (unpaired) electrons. The van der Waals surface area contributed by atoms with Gasteiger partial charge in [0.05, 0.1) is 0 Å². The molecular weight excluding hydrogens is 350 g/mol. The number of carbonyl (C=O) groups excluding carboxylic acids is 2. The highest BCUT2D eigenvalue weighted by Gasteiger charge is 2.20. The first kappa shape index (κ1) is 16.3. The molecule has 1 aromatic carbocycles. The molecule has 1 heterocycles. The van der Waals surface area contributed by atoms with E-state index >= 15 is 0 Å². The fourth-order valence-corrected chi connectivity index (χ4v) is 2.12. The van der Waals surface area contributed by atoms with E-state index in [0.29, 0.717) is 11.2 Å². The summed E-state index contributed by atoms with van der Waals surface area (Å²) >= 11 is 3.10. The molecule has 1 aromatic heterocycles. The monoisotopic (exact) mass is 365 g/mol. The van der Waals surface area contributed by atoms with Gasteiger partial charge < -0.3 is 14.5 Å². The zero-order chi connectivity index (χ0) is 15.9. The lowest BCUT2D eigenvalue weighted by molar-refractivity contribution is -0.129. The Hall–Kier alpha value is -2.08. The number of rotatable bonds is 6. The van der Waals surface area contributed by atoms with Crippen LogP contribution in [0.25, 0.3) is 0 Å². The fraction of sp³-hybridized carbons (Fsp3) is 0.250. The first-order chi connectivity index (χ1) is 10.6. The summed E-state index contributed by atoms with van der Waals surface area (Å²) in [5, 5.41) is 2.74. The number of esters is 1. The van der Waals surface area contributed by atoms with Gasteiger partial charge >= 0.3 is 5.97 Å². The number of furan rings is 1. The van der Waals surface area contributed by atoms with Crippen LogP contribution in [0.3, 0.4) is 0 Å². The molecule has 1 N–H and O–H groups in total. The maximum atomic E-state index is 11.9. The number of carbonyl (C=O) groups is 2. The number of hydrogen-bond donors (Lipinski definition) is 1. The highest BCUT2D eigenvalue weighted by Crippen LogP contribution is 2.15. The van der Waals surface area contributed by atoms with Gasteiger partial charge in [0.2, 0.25) is 5.76 Å². The summed E-state index contributed by atoms with van der Waals surface area (Å²) in [6.45, 7) is 2.00. The van der Waals surface area contributed by atoms with Crippen LogP contribution in [0.2, 0.25) is 0 Å². The molecule has 22 heavy (non-hydrogen) atoms. The standard InChI is InChI=1S/C16H16BrNO4/c1-11(21-16(20)13-7-8-14(17)22-13)15(19)18-10-9-12-5-3-2-4-6-12/h2-8,11H,9-10H2,1H3,(H,18,19). The van der Waals surface area contributed by atoms with E-state index in [2.05, 4.69) is 21.2 Å². The number of halogens is 1. The number of hydrogen-bond acceptors (Lipinski definition) is 4. The van der Waals surface area contributed by atoms with Crippen molar-refractivity contribution >= 4 is 27.8 Å². The summed E-state index contributed by atoms with van der Waals surface area (Å²) in [4.78, 5) is 23.6. The van der Waals surface area contributed by atoms with Crippen LogP contribution in [0.5, 0.6) is 0 Å². The molecule has 0 fully saturated rings. The predicted octanol–water partition coefficient (Wildman–Crippen LogP) is 2.95. The van der Waals surface area contributed by atoms with E-state index in [1.807, 2.05) is 30.3 Å². The number of nitrogens with one attached hydrogen (secondary N) is 1. The van der Waals surface area contributed by atoms with Crippen molar-refractivity contribution in [1.82, 2.24) is 5.32 Å². The van der Waals surface area contributed by atoms with Gasteiger partial charge in [-0.25, -0.2) is 4.79 Å². The Morgan fingerprint density at radius 1 is 1.23 bits per heavy atom. The third-order valence-electron chi connectivity index (χ3n) is 2.98. The lowest BCUT2D eigenvalue weighted by atomic mass is 10.1. The van der Waals surface area contributed by atoms with E-state index in [9.17, 15) is 9.59 Å². The second-order valence-electron chi connectivity index (χ2n) is 4.68. The van der Waals surface area contributed by atoms with Gasteiger partial charge in [0, 0.05) is 6.54 Å². The van der Waals surface area contributed by atoms with Gasteiger partial charge in [0.25, 0.3) is 5.91 Å². The van der Waals surface area contributed by atoms with E-state index < -0.39 is 12.1 Å². The molecule has 0 aliphatic rings. The highest BCUT2D eigenvalue weighted by atomic mass is 79.9. The van der Waals surface area contributed by atoms with Crippen LogP contribution in [0.15, 0.2) is 51.6 Å². The molecule has 2 rings (SSSR count). The van der Waals surface area contributed by atoms with Crippen LogP contribution >= 0.6 is 15.9 Å². The summed E-state index contributed by atoms with van der Waals surface area (Å²) in [5.41, 5.74) is 1.13. The Morgan fingerprint density at radius 2 is 1.95 bits per heavy atom. The van der Waals surface area contributed by atoms with Crippen LogP contribution in [-0.2, 0) is 16.0 Å². The molecule has 2 aromatic rings. The smallest absolute Gasteiger partial charge is 0.375 e. The number of ether oxygens (including phenoxy) is 1. The quantitative estimate of drug-likeness (QED) is 0.799. The zero-order valence-electron chi connectivity index (χ0n) is 12.0. The maximum absolute atomic E-state index is 11.9. The molecule has 116 valence electrons. The molecule has 1 amide bonds. The van der Waals surface area contributed by atoms with E-state index in [1.54, 1.807) is 6.07 Å². The van der Waals surface area contributed by atoms with Crippen LogP contribution in [-0.4, -0.2) is 24.5 Å². The van der Waals surface area contributed by atoms with Crippen molar-refractivity contribution in [1.29, 1.82) is 0 Å². The minimum absolute atomic E-state index is 0.0517. The largest absolute Gasteiger partial charge is 0.447 e. The molecular formula is C16H16BrNO4. The van der Waals surface area contributed by atoms with Crippen LogP contribution in [0.1, 0.15) is 23.0 Å². The normalized spacial score (nSPS) is 11.7. The number of amides is 1. The summed E-state index contributed by atoms with van der Waals surface area (Å²) in [6.07, 6.45) is -0.162. The van der Waals surface area contributed by atoms with Crippen molar-refractivity contribution in [3.63, 3.8) is 0 Å². The van der Waals surface area contributed by atoms with E-state index in [0.717, 1.165) is 12.0 Å². The van der Waals surface area contributed by atoms with Crippen LogP contribution in [0.4, 0.5) is 0 Å². The van der Waals surface area contributed by atoms with Crippen LogP contribution in [0, 0.1) is 0 Å². The minimum atomic E-state index is -0.882. The molecule has 0 bridgehead atoms. The summed E-state index contributed by atoms with van der Waals surface area (Å²) in [7, 11) is 0. The minimum Gasteiger partial charge on any atom is -0.447 e. The average Bonchev–Trinajstić information content (AvgIpc) is 2.95. The Balaban J connectivity index is 1.76. The molecule has 0 saturated carbocycles. The van der Waals surface area contributed by atoms with E-state index in [-0.39, 0.29) is 11.7 Å². The van der Waals surface area contributed by atoms with Crippen molar-refractivity contribution in [3.8, 4) is 0 Å². The molecule has 6 heteroatoms. The van der Waals surface area contributed by atoms with Crippen molar-refractivity contribution in [2.24, 2.45) is 0 Å². The Morgan fingerprint density at radius 3 is 2.59 bits per heavy atom. The van der Waals surface area contributed by atoms with Crippen molar-refractivity contribution < 1.29 is 18.7 Å². The highest BCUT2D eigenvalue weighted by molar-refractivity contribution is 9.10. The fourth-order valence-electron chi connectivity index (χ4n) is 1.81. The Kier molecular flexibility index (Phi) is 5.77. The molecule has 1 atom stereocenters. The second kappa shape index (κ2) is 7.79. The van der Waals surface area contributed by atoms with Gasteiger partial charge in [-0.2, -0.15) is 0 Å². The average molecular weight is 366 g/mol. The molecule has 0 saturated heterocycles. The SMILES string of the molecule is CC(OC(=O)c1ccc(Br)o1)C(=O)NCCc1ccccc1. The molecule has 5 nitrogen and oxygen atoms in total. The van der Waals surface area contributed by atoms with Gasteiger partial charge in [-0.05, 0) is 47.0 Å². The van der Waals surface area contributed by atoms with Gasteiger partial charge in [-0.3, -0.25) is 4.79 Å². The van der Waals surface area contributed by atoms with Gasteiger partial charge in [-0.1, -0.05) is 30.3 Å². The Bertz CT molecular complexity index is 639. The summed E-state index contributed by atoms with van der Waals surface area (Å²) < 4.78 is 10.6. The van der Waals surface area contributed by atoms with Crippen LogP contribution < -0.4 is 5.32 Å². The second-order valence-corrected chi connectivity index (χ2v) is 5.46. The van der Waals surface area contributed by atoms with E-state index in [4.69, 9.17) is 9.15 Å². The van der Waals surface area contributed by atoms with Crippen molar-refractivity contribution in [2.45, 2.75) is 19.4 Å². The molecule has 0 aliphatic heterocycles. The van der Waals surface area contributed by atoms with E-state index in [1.165, 1.54) is 13.0 Å². The summed E-state index contributed by atoms with van der Waals surface area (Å²) in [5.74, 6) is -0.956. The van der Waals surface area contributed by atoms with Crippen molar-refractivity contribution in [3.05, 3.63) is 58.5 Å². The lowest BCUT2D eigenvalue weighted by Crippen LogP contribution is -2.36. The predicted molar refractivity (Wildman–Crippen MR) is 84.4 cm³/mol. The first-order valence-corrected chi connectivity index (χ1v) is 7.63. The topological polar surface area (TPSA) is 68.5 Å². The molecule has 0 spiro atoms. The third-order valence-corrected chi connectivity index (χ3v) is 3.41. The van der Waals surface area contributed by atoms with Crippen molar-refractivity contribution in [2.75, 3.05) is 6.54 Å². The third kappa shape index (κ3) is 4.73. The number of benzene rings is 1. The molecule has 0 aliphatic carbocycles. The zero-order valence-corrected chi connectivity index (χ0v) is 13.6. The van der Waals surface area contributed by atoms with Gasteiger partial charge in [-0.15, -0.1) is 0 Å². The van der Waals surface area contributed by atoms with Gasteiger partial charge in [0.1, 0.15) is 0 Å². The lowest BCUT2D eigenvalue weighted by Gasteiger charge is -2.12. The van der Waals surface area contributed by atoms with Gasteiger partial charge in [0.15, 0.2) is 10.8 Å². The Labute approximate surface area is 136 Å². The maximum Gasteiger partial charge on any atom is 0.375 e. The molecule has 1 unspecified atom stereocenters. The first-order valence-electron chi connectivity index (χ1n) is 6.84. The summed E-state index contributed by atoms with van der Waals surface area (Å²) in [6, 6.07) is 12.9.